The van der Waals surface area contributed by atoms with Crippen LogP contribution in [-0.2, 0) is 0 Å². The molecule has 0 aliphatic rings. The maximum absolute atomic E-state index is 13.7. The number of hydrogen-bond donors (Lipinski definition) is 1. The minimum absolute atomic E-state index is 0. The van der Waals surface area contributed by atoms with Gasteiger partial charge in [-0.05, 0) is 34.5 Å². The van der Waals surface area contributed by atoms with E-state index in [9.17, 15) is 8.78 Å². The van der Waals surface area contributed by atoms with Crippen molar-refractivity contribution in [1.29, 1.82) is 0 Å². The minimum atomic E-state index is -0.580. The maximum Gasteiger partial charge on any atom is 0.145 e. The Morgan fingerprint density at radius 3 is 2.53 bits per heavy atom. The Hall–Kier alpha value is -0.190. The zero-order chi connectivity index (χ0) is 12.1. The van der Waals surface area contributed by atoms with E-state index in [1.165, 1.54) is 12.1 Å². The van der Waals surface area contributed by atoms with Gasteiger partial charge in [-0.2, -0.15) is 0 Å². The maximum atomic E-state index is 13.7. The Labute approximate surface area is 115 Å². The summed E-state index contributed by atoms with van der Waals surface area (Å²) in [6.07, 6.45) is 3.60. The van der Waals surface area contributed by atoms with Gasteiger partial charge in [0.15, 0.2) is 0 Å². The van der Waals surface area contributed by atoms with Crippen LogP contribution < -0.4 is 5.73 Å². The van der Waals surface area contributed by atoms with E-state index in [0.29, 0.717) is 6.42 Å². The quantitative estimate of drug-likeness (QED) is 0.614. The zero-order valence-corrected chi connectivity index (χ0v) is 12.1. The normalized spacial score (nSPS) is 12.1. The summed E-state index contributed by atoms with van der Waals surface area (Å²) in [7, 11) is 0. The van der Waals surface area contributed by atoms with Crippen molar-refractivity contribution in [2.45, 2.75) is 38.6 Å². The molecule has 0 bridgehead atoms. The second-order valence-electron chi connectivity index (χ2n) is 3.86. The van der Waals surface area contributed by atoms with Gasteiger partial charge in [-0.3, -0.25) is 0 Å². The summed E-state index contributed by atoms with van der Waals surface area (Å²) >= 11 is 3.03. The van der Waals surface area contributed by atoms with E-state index in [1.54, 1.807) is 0 Å². The Balaban J connectivity index is 0.00000256. The summed E-state index contributed by atoms with van der Waals surface area (Å²) in [4.78, 5) is 0. The van der Waals surface area contributed by atoms with Gasteiger partial charge in [0.1, 0.15) is 11.6 Å². The highest BCUT2D eigenvalue weighted by atomic mass is 79.9. The average Bonchev–Trinajstić information content (AvgIpc) is 2.24. The molecule has 0 unspecified atom stereocenters. The average molecular weight is 329 g/mol. The molecule has 0 heterocycles. The van der Waals surface area contributed by atoms with Gasteiger partial charge in [0, 0.05) is 11.6 Å². The fraction of sp³-hybridized carbons (Fsp3) is 0.500. The largest absolute Gasteiger partial charge is 0.324 e. The van der Waals surface area contributed by atoms with Crippen LogP contribution in [0.2, 0.25) is 0 Å². The van der Waals surface area contributed by atoms with E-state index in [1.807, 2.05) is 0 Å². The highest BCUT2D eigenvalue weighted by Crippen LogP contribution is 2.28. The minimum Gasteiger partial charge on any atom is -0.324 e. The lowest BCUT2D eigenvalue weighted by Crippen LogP contribution is -2.14. The number of unbranched alkanes of at least 4 members (excludes halogenated alkanes) is 2. The SMILES string of the molecule is CCCCC[C@H](N)c1c(F)ccc(Br)c1F.Cl. The number of halogens is 4. The van der Waals surface area contributed by atoms with E-state index >= 15 is 0 Å². The van der Waals surface area contributed by atoms with E-state index in [4.69, 9.17) is 5.73 Å². The molecule has 2 N–H and O–H groups in total. The van der Waals surface area contributed by atoms with Gasteiger partial charge in [0.05, 0.1) is 4.47 Å². The topological polar surface area (TPSA) is 26.0 Å². The fourth-order valence-electron chi connectivity index (χ4n) is 1.64. The van der Waals surface area contributed by atoms with Gasteiger partial charge in [0.25, 0.3) is 0 Å². The van der Waals surface area contributed by atoms with Crippen LogP contribution in [0, 0.1) is 11.6 Å². The van der Waals surface area contributed by atoms with E-state index in [0.717, 1.165) is 19.3 Å². The Bertz CT molecular complexity index is 361. The summed E-state index contributed by atoms with van der Waals surface area (Å²) in [5.41, 5.74) is 5.80. The standard InChI is InChI=1S/C12H16BrF2N.ClH/c1-2-3-4-5-10(16)11-9(14)7-6-8(13)12(11)15;/h6-7,10H,2-5,16H2,1H3;1H/t10-;/m0./s1. The van der Waals surface area contributed by atoms with Crippen LogP contribution in [0.1, 0.15) is 44.2 Å². The molecule has 0 amide bonds. The number of nitrogens with two attached hydrogens (primary N) is 1. The molecular weight excluding hydrogens is 311 g/mol. The second kappa shape index (κ2) is 8.01. The van der Waals surface area contributed by atoms with Gasteiger partial charge in [-0.25, -0.2) is 8.78 Å². The second-order valence-corrected chi connectivity index (χ2v) is 4.71. The van der Waals surface area contributed by atoms with Crippen LogP contribution in [0.5, 0.6) is 0 Å². The van der Waals surface area contributed by atoms with Crippen molar-refractivity contribution in [1.82, 2.24) is 0 Å². The summed E-state index contributed by atoms with van der Waals surface area (Å²) in [6.45, 7) is 2.08. The highest BCUT2D eigenvalue weighted by molar-refractivity contribution is 9.10. The van der Waals surface area contributed by atoms with Crippen LogP contribution in [0.15, 0.2) is 16.6 Å². The van der Waals surface area contributed by atoms with Crippen molar-refractivity contribution in [2.24, 2.45) is 5.73 Å². The van der Waals surface area contributed by atoms with Gasteiger partial charge in [-0.1, -0.05) is 26.2 Å². The molecule has 0 aliphatic heterocycles. The monoisotopic (exact) mass is 327 g/mol. The van der Waals surface area contributed by atoms with Crippen molar-refractivity contribution in [2.75, 3.05) is 0 Å². The molecule has 0 aliphatic carbocycles. The van der Waals surface area contributed by atoms with E-state index in [-0.39, 0.29) is 22.4 Å². The number of benzene rings is 1. The first-order valence-electron chi connectivity index (χ1n) is 5.46. The third kappa shape index (κ3) is 4.53. The summed E-state index contributed by atoms with van der Waals surface area (Å²) in [5, 5.41) is 0. The van der Waals surface area contributed by atoms with Crippen molar-refractivity contribution in [3.8, 4) is 0 Å². The molecule has 1 nitrogen and oxygen atoms in total. The first kappa shape index (κ1) is 16.8. The predicted octanol–water partition coefficient (Wildman–Crippen LogP) is 4.73. The van der Waals surface area contributed by atoms with Crippen molar-refractivity contribution in [3.05, 3.63) is 33.8 Å². The van der Waals surface area contributed by atoms with Gasteiger partial charge in [-0.15, -0.1) is 12.4 Å². The van der Waals surface area contributed by atoms with Crippen molar-refractivity contribution >= 4 is 28.3 Å². The van der Waals surface area contributed by atoms with Crippen LogP contribution >= 0.6 is 28.3 Å². The number of hydrogen-bond acceptors (Lipinski definition) is 1. The fourth-order valence-corrected chi connectivity index (χ4v) is 1.99. The Morgan fingerprint density at radius 1 is 1.29 bits per heavy atom. The van der Waals surface area contributed by atoms with Gasteiger partial charge < -0.3 is 5.73 Å². The molecule has 0 aromatic heterocycles. The van der Waals surface area contributed by atoms with Crippen molar-refractivity contribution < 1.29 is 8.78 Å². The lowest BCUT2D eigenvalue weighted by molar-refractivity contribution is 0.495. The van der Waals surface area contributed by atoms with Crippen LogP contribution in [0.25, 0.3) is 0 Å². The third-order valence-corrected chi connectivity index (χ3v) is 3.18. The molecule has 0 fully saturated rings. The molecule has 17 heavy (non-hydrogen) atoms. The Kier molecular flexibility index (Phi) is 7.92. The molecule has 0 spiro atoms. The lowest BCUT2D eigenvalue weighted by atomic mass is 10.0. The molecule has 1 rings (SSSR count). The van der Waals surface area contributed by atoms with Crippen LogP contribution in [0.4, 0.5) is 8.78 Å². The molecule has 5 heteroatoms. The molecule has 1 aromatic carbocycles. The predicted molar refractivity (Wildman–Crippen MR) is 72.4 cm³/mol. The van der Waals surface area contributed by atoms with Crippen molar-refractivity contribution in [3.63, 3.8) is 0 Å². The third-order valence-electron chi connectivity index (χ3n) is 2.57. The Morgan fingerprint density at radius 2 is 1.94 bits per heavy atom. The molecular formula is C12H17BrClF2N. The van der Waals surface area contributed by atoms with E-state index < -0.39 is 17.7 Å². The summed E-state index contributed by atoms with van der Waals surface area (Å²) in [5.74, 6) is -1.14. The summed E-state index contributed by atoms with van der Waals surface area (Å²) < 4.78 is 27.4. The molecule has 0 radical (unpaired) electrons. The first-order chi connectivity index (χ1) is 7.57. The molecule has 0 saturated carbocycles. The van der Waals surface area contributed by atoms with E-state index in [2.05, 4.69) is 22.9 Å². The van der Waals surface area contributed by atoms with Gasteiger partial charge >= 0.3 is 0 Å². The lowest BCUT2D eigenvalue weighted by Gasteiger charge is -2.14. The first-order valence-corrected chi connectivity index (χ1v) is 6.26. The number of rotatable bonds is 5. The zero-order valence-electron chi connectivity index (χ0n) is 9.68. The van der Waals surface area contributed by atoms with Gasteiger partial charge in [0.2, 0.25) is 0 Å². The molecule has 1 aromatic rings. The summed E-state index contributed by atoms with van der Waals surface area (Å²) in [6, 6.07) is 2.03. The molecule has 98 valence electrons. The smallest absolute Gasteiger partial charge is 0.145 e. The molecule has 0 saturated heterocycles. The van der Waals surface area contributed by atoms with Crippen LogP contribution in [-0.4, -0.2) is 0 Å². The molecule has 1 atom stereocenters. The highest BCUT2D eigenvalue weighted by Gasteiger charge is 2.18. The van der Waals surface area contributed by atoms with Crippen LogP contribution in [0.3, 0.4) is 0 Å².